The van der Waals surface area contributed by atoms with Crippen molar-refractivity contribution in [1.29, 1.82) is 0 Å². The van der Waals surface area contributed by atoms with Crippen LogP contribution in [0.2, 0.25) is 6.04 Å². The minimum atomic E-state index is -3.21. The van der Waals surface area contributed by atoms with Crippen molar-refractivity contribution in [1.82, 2.24) is 0 Å². The van der Waals surface area contributed by atoms with Crippen LogP contribution < -0.4 is 0 Å². The Labute approximate surface area is 81.7 Å². The predicted octanol–water partition coefficient (Wildman–Crippen LogP) is 0.733. The molecule has 0 amide bonds. The molecule has 0 heterocycles. The maximum atomic E-state index is 10.1. The highest BCUT2D eigenvalue weighted by atomic mass is 28.4. The first kappa shape index (κ1) is 12.4. The summed E-state index contributed by atoms with van der Waals surface area (Å²) < 4.78 is 10.0. The second kappa shape index (κ2) is 6.83. The average Bonchev–Trinajstić information content (AvgIpc) is 2.16. The number of hydrogen-bond donors (Lipinski definition) is 0. The van der Waals surface area contributed by atoms with Gasteiger partial charge in [0.25, 0.3) is 0 Å². The third-order valence-electron chi connectivity index (χ3n) is 1.54. The number of carbonyl (C=O) groups excluding carboxylic acids is 3. The van der Waals surface area contributed by atoms with E-state index in [0.29, 0.717) is 12.5 Å². The van der Waals surface area contributed by atoms with E-state index in [0.717, 1.165) is 6.42 Å². The van der Waals surface area contributed by atoms with Gasteiger partial charge in [0, 0.05) is 6.04 Å². The van der Waals surface area contributed by atoms with Crippen LogP contribution in [0.4, 0.5) is 0 Å². The van der Waals surface area contributed by atoms with Gasteiger partial charge in [0.15, 0.2) is 0 Å². The molecule has 0 aromatic heterocycles. The molecule has 0 aliphatic heterocycles. The van der Waals surface area contributed by atoms with E-state index in [2.05, 4.69) is 14.0 Å². The van der Waals surface area contributed by atoms with Gasteiger partial charge in [0.1, 0.15) is 0 Å². The predicted molar refractivity (Wildman–Crippen MR) is 49.8 cm³/mol. The van der Waals surface area contributed by atoms with E-state index in [4.69, 9.17) is 0 Å². The first-order valence-corrected chi connectivity index (χ1v) is 6.06. The van der Waals surface area contributed by atoms with E-state index in [9.17, 15) is 14.4 Å². The Morgan fingerprint density at radius 3 is 1.71 bits per heavy atom. The minimum Gasteiger partial charge on any atom is -0.212 e. The van der Waals surface area contributed by atoms with Crippen LogP contribution in [-0.4, -0.2) is 26.8 Å². The van der Waals surface area contributed by atoms with Crippen LogP contribution >= 0.6 is 0 Å². The second-order valence-electron chi connectivity index (χ2n) is 2.49. The lowest BCUT2D eigenvalue weighted by molar-refractivity contribution is 0.564. The van der Waals surface area contributed by atoms with Gasteiger partial charge in [-0.1, -0.05) is 19.8 Å². The second-order valence-corrected chi connectivity index (χ2v) is 5.21. The maximum absolute atomic E-state index is 10.1. The summed E-state index contributed by atoms with van der Waals surface area (Å²) in [5.41, 5.74) is 0. The van der Waals surface area contributed by atoms with Crippen molar-refractivity contribution >= 4 is 26.8 Å². The van der Waals surface area contributed by atoms with Gasteiger partial charge in [-0.3, -0.25) is 0 Å². The quantitative estimate of drug-likeness (QED) is 0.368. The molecule has 0 aromatic carbocycles. The summed E-state index contributed by atoms with van der Waals surface area (Å²) in [5, 5.41) is 0. The fourth-order valence-corrected chi connectivity index (χ4v) is 2.63. The van der Waals surface area contributed by atoms with Gasteiger partial charge >= 0.3 is 8.56 Å². The highest BCUT2D eigenvalue weighted by Gasteiger charge is 2.35. The molecule has 0 rings (SSSR count). The first-order chi connectivity index (χ1) is 6.74. The molecule has 6 nitrogen and oxygen atoms in total. The molecular weight excluding hydrogens is 202 g/mol. The summed E-state index contributed by atoms with van der Waals surface area (Å²) in [6.07, 6.45) is 5.34. The molecule has 0 bridgehead atoms. The minimum absolute atomic E-state index is 0.323. The fourth-order valence-electron chi connectivity index (χ4n) is 0.876. The largest absolute Gasteiger partial charge is 0.467 e. The Morgan fingerprint density at radius 2 is 1.43 bits per heavy atom. The molecule has 0 unspecified atom stereocenters. The summed E-state index contributed by atoms with van der Waals surface area (Å²) in [4.78, 5) is 30.3. The lowest BCUT2D eigenvalue weighted by Gasteiger charge is -2.08. The van der Waals surface area contributed by atoms with E-state index in [1.54, 1.807) is 0 Å². The third kappa shape index (κ3) is 3.84. The zero-order valence-electron chi connectivity index (χ0n) is 7.69. The summed E-state index contributed by atoms with van der Waals surface area (Å²) in [5.74, 6) is 0. The van der Waals surface area contributed by atoms with Gasteiger partial charge in [0.2, 0.25) is 18.2 Å². The maximum Gasteiger partial charge on any atom is 0.467 e. The van der Waals surface area contributed by atoms with Crippen LogP contribution in [0, 0.1) is 0 Å². The van der Waals surface area contributed by atoms with Crippen LogP contribution in [0.1, 0.15) is 19.8 Å². The van der Waals surface area contributed by atoms with Gasteiger partial charge in [-0.15, -0.1) is 0 Å². The van der Waals surface area contributed by atoms with Crippen molar-refractivity contribution in [3.05, 3.63) is 0 Å². The third-order valence-corrected chi connectivity index (χ3v) is 3.91. The van der Waals surface area contributed by atoms with Crippen LogP contribution in [0.3, 0.4) is 0 Å². The summed E-state index contributed by atoms with van der Waals surface area (Å²) in [7, 11) is -3.21. The first-order valence-electron chi connectivity index (χ1n) is 4.01. The van der Waals surface area contributed by atoms with Crippen molar-refractivity contribution in [3.63, 3.8) is 0 Å². The molecule has 0 N–H and O–H groups in total. The molecule has 0 aliphatic rings. The van der Waals surface area contributed by atoms with Crippen molar-refractivity contribution in [2.24, 2.45) is 14.0 Å². The zero-order valence-corrected chi connectivity index (χ0v) is 8.69. The summed E-state index contributed by atoms with van der Waals surface area (Å²) in [6, 6.07) is 0.323. The Kier molecular flexibility index (Phi) is 6.03. The van der Waals surface area contributed by atoms with Crippen LogP contribution in [0.5, 0.6) is 0 Å². The van der Waals surface area contributed by atoms with Gasteiger partial charge < -0.3 is 0 Å². The van der Waals surface area contributed by atoms with Gasteiger partial charge in [0.05, 0.1) is 0 Å². The van der Waals surface area contributed by atoms with Crippen molar-refractivity contribution < 1.29 is 14.4 Å². The molecule has 0 fully saturated rings. The monoisotopic (exact) mass is 211 g/mol. The lowest BCUT2D eigenvalue weighted by Crippen LogP contribution is -2.27. The standard InChI is InChI=1S/C7H9N3O3Si/c1-2-3-4-14(8-5-11,9-6-12)10-7-13/h2-4H2,1H3. The van der Waals surface area contributed by atoms with E-state index >= 15 is 0 Å². The Morgan fingerprint density at radius 1 is 1.00 bits per heavy atom. The molecule has 0 spiro atoms. The van der Waals surface area contributed by atoms with E-state index in [-0.39, 0.29) is 0 Å². The summed E-state index contributed by atoms with van der Waals surface area (Å²) >= 11 is 0. The van der Waals surface area contributed by atoms with Gasteiger partial charge in [-0.05, 0) is 0 Å². The van der Waals surface area contributed by atoms with E-state index in [1.165, 1.54) is 18.2 Å². The number of hydrogen-bond acceptors (Lipinski definition) is 6. The van der Waals surface area contributed by atoms with Gasteiger partial charge in [-0.2, -0.15) is 14.0 Å². The number of isocyanates is 3. The average molecular weight is 211 g/mol. The molecule has 0 radical (unpaired) electrons. The Bertz CT molecular complexity index is 280. The van der Waals surface area contributed by atoms with Crippen LogP contribution in [0.15, 0.2) is 14.0 Å². The Balaban J connectivity index is 5.01. The topological polar surface area (TPSA) is 88.3 Å². The number of unbranched alkanes of at least 4 members (excludes halogenated alkanes) is 1. The molecule has 0 saturated heterocycles. The molecule has 0 atom stereocenters. The fraction of sp³-hybridized carbons (Fsp3) is 0.571. The number of nitrogens with zero attached hydrogens (tertiary/aromatic N) is 3. The number of rotatable bonds is 6. The molecular formula is C7H9N3O3Si. The van der Waals surface area contributed by atoms with Crippen molar-refractivity contribution in [3.8, 4) is 0 Å². The van der Waals surface area contributed by atoms with Crippen molar-refractivity contribution in [2.45, 2.75) is 25.8 Å². The lowest BCUT2D eigenvalue weighted by atomic mass is 10.4. The zero-order chi connectivity index (χ0) is 10.9. The normalized spacial score (nSPS) is 12.6. The van der Waals surface area contributed by atoms with Crippen LogP contribution in [-0.2, 0) is 14.4 Å². The molecule has 14 heavy (non-hydrogen) atoms. The van der Waals surface area contributed by atoms with Crippen molar-refractivity contribution in [2.75, 3.05) is 0 Å². The highest BCUT2D eigenvalue weighted by Crippen LogP contribution is 2.17. The van der Waals surface area contributed by atoms with Crippen LogP contribution in [0.25, 0.3) is 0 Å². The van der Waals surface area contributed by atoms with E-state index < -0.39 is 8.56 Å². The van der Waals surface area contributed by atoms with Gasteiger partial charge in [-0.25, -0.2) is 14.4 Å². The molecule has 0 aliphatic carbocycles. The molecule has 7 heteroatoms. The van der Waals surface area contributed by atoms with E-state index in [1.807, 2.05) is 6.92 Å². The Hall–Kier alpha value is -1.64. The molecule has 0 saturated carbocycles. The highest BCUT2D eigenvalue weighted by molar-refractivity contribution is 6.76. The SMILES string of the molecule is CCCC[Si](N=C=O)(N=C=O)N=C=O. The molecule has 0 aromatic rings. The smallest absolute Gasteiger partial charge is 0.212 e. The molecule has 74 valence electrons. The summed E-state index contributed by atoms with van der Waals surface area (Å²) in [6.45, 7) is 1.92.